The van der Waals surface area contributed by atoms with Crippen molar-refractivity contribution in [2.45, 2.75) is 0 Å². The van der Waals surface area contributed by atoms with Crippen LogP contribution < -0.4 is 0 Å². The van der Waals surface area contributed by atoms with E-state index in [1.165, 1.54) is 0 Å². The average molecular weight is 339 g/mol. The quantitative estimate of drug-likeness (QED) is 0.451. The Morgan fingerprint density at radius 1 is 0.731 bits per heavy atom. The molecule has 0 saturated carbocycles. The first-order valence-corrected chi connectivity index (χ1v) is 8.19. The van der Waals surface area contributed by atoms with Gasteiger partial charge in [-0.25, -0.2) is 0 Å². The summed E-state index contributed by atoms with van der Waals surface area (Å²) < 4.78 is 11.4. The van der Waals surface area contributed by atoms with Crippen molar-refractivity contribution < 1.29 is 8.83 Å². The Morgan fingerprint density at radius 2 is 1.58 bits per heavy atom. The van der Waals surface area contributed by atoms with Crippen LogP contribution >= 0.6 is 0 Å². The number of hydrogen-bond donors (Lipinski definition) is 0. The molecule has 3 heterocycles. The third kappa shape index (κ3) is 2.46. The molecule has 5 heteroatoms. The number of fused-ring (bicyclic) bond motifs is 1. The van der Waals surface area contributed by atoms with Crippen LogP contribution in [0, 0.1) is 0 Å². The van der Waals surface area contributed by atoms with Gasteiger partial charge in [0, 0.05) is 23.5 Å². The molecule has 3 aromatic heterocycles. The first-order chi connectivity index (χ1) is 12.9. The van der Waals surface area contributed by atoms with E-state index in [9.17, 15) is 0 Å². The van der Waals surface area contributed by atoms with Crippen LogP contribution in [-0.4, -0.2) is 15.2 Å². The van der Waals surface area contributed by atoms with Crippen LogP contribution in [0.15, 0.2) is 88.2 Å². The standard InChI is InChI=1S/C21H13N3O2/c1-2-7-17-14(5-1)6-3-8-18(17)21-24-23-20(26-21)16-11-15(12-22-13-16)19-9-4-10-25-19/h1-13H. The van der Waals surface area contributed by atoms with Crippen molar-refractivity contribution in [1.29, 1.82) is 0 Å². The van der Waals surface area contributed by atoms with Crippen LogP contribution in [-0.2, 0) is 0 Å². The molecule has 26 heavy (non-hydrogen) atoms. The zero-order chi connectivity index (χ0) is 17.3. The smallest absolute Gasteiger partial charge is 0.249 e. The van der Waals surface area contributed by atoms with Gasteiger partial charge >= 0.3 is 0 Å². The van der Waals surface area contributed by atoms with Gasteiger partial charge in [-0.3, -0.25) is 4.98 Å². The zero-order valence-corrected chi connectivity index (χ0v) is 13.7. The summed E-state index contributed by atoms with van der Waals surface area (Å²) in [5.41, 5.74) is 2.52. The predicted octanol–water partition coefficient (Wildman–Crippen LogP) is 5.21. The molecular weight excluding hydrogens is 326 g/mol. The highest BCUT2D eigenvalue weighted by Crippen LogP contribution is 2.30. The topological polar surface area (TPSA) is 65.0 Å². The molecule has 2 aromatic carbocycles. The summed E-state index contributed by atoms with van der Waals surface area (Å²) in [5, 5.41) is 10.6. The van der Waals surface area contributed by atoms with Gasteiger partial charge in [0.25, 0.3) is 0 Å². The molecule has 5 nitrogen and oxygen atoms in total. The van der Waals surface area contributed by atoms with Crippen molar-refractivity contribution in [2.24, 2.45) is 0 Å². The summed E-state index contributed by atoms with van der Waals surface area (Å²) >= 11 is 0. The minimum absolute atomic E-state index is 0.425. The van der Waals surface area contributed by atoms with Gasteiger partial charge in [0.1, 0.15) is 5.76 Å². The molecule has 0 unspecified atom stereocenters. The van der Waals surface area contributed by atoms with Crippen molar-refractivity contribution in [2.75, 3.05) is 0 Å². The number of rotatable bonds is 3. The molecule has 0 atom stereocenters. The summed E-state index contributed by atoms with van der Waals surface area (Å²) in [5.74, 6) is 1.65. The third-order valence-corrected chi connectivity index (χ3v) is 4.24. The van der Waals surface area contributed by atoms with E-state index in [0.29, 0.717) is 11.8 Å². The maximum atomic E-state index is 5.94. The molecule has 0 aliphatic carbocycles. The van der Waals surface area contributed by atoms with E-state index in [4.69, 9.17) is 8.83 Å². The van der Waals surface area contributed by atoms with E-state index in [1.807, 2.05) is 48.5 Å². The maximum absolute atomic E-state index is 5.94. The summed E-state index contributed by atoms with van der Waals surface area (Å²) in [7, 11) is 0. The van der Waals surface area contributed by atoms with Gasteiger partial charge in [-0.05, 0) is 35.0 Å². The molecular formula is C21H13N3O2. The van der Waals surface area contributed by atoms with E-state index in [2.05, 4.69) is 27.3 Å². The third-order valence-electron chi connectivity index (χ3n) is 4.24. The number of aromatic nitrogens is 3. The second kappa shape index (κ2) is 5.97. The Bertz CT molecular complexity index is 1190. The largest absolute Gasteiger partial charge is 0.464 e. The number of furan rings is 1. The van der Waals surface area contributed by atoms with Gasteiger partial charge in [0.05, 0.1) is 11.8 Å². The van der Waals surface area contributed by atoms with E-state index >= 15 is 0 Å². The van der Waals surface area contributed by atoms with Gasteiger partial charge in [-0.1, -0.05) is 36.4 Å². The van der Waals surface area contributed by atoms with Crippen molar-refractivity contribution in [1.82, 2.24) is 15.2 Å². The SMILES string of the molecule is c1coc(-c2cncc(-c3nnc(-c4cccc5ccccc45)o3)c2)c1. The van der Waals surface area contributed by atoms with Crippen molar-refractivity contribution in [3.05, 3.63) is 79.3 Å². The molecule has 5 rings (SSSR count). The van der Waals surface area contributed by atoms with E-state index in [0.717, 1.165) is 33.2 Å². The molecule has 0 saturated heterocycles. The lowest BCUT2D eigenvalue weighted by Crippen LogP contribution is -1.83. The van der Waals surface area contributed by atoms with E-state index in [-0.39, 0.29) is 0 Å². The fourth-order valence-corrected chi connectivity index (χ4v) is 3.00. The van der Waals surface area contributed by atoms with Crippen LogP contribution in [0.5, 0.6) is 0 Å². The second-order valence-electron chi connectivity index (χ2n) is 5.88. The zero-order valence-electron chi connectivity index (χ0n) is 13.7. The molecule has 0 spiro atoms. The normalized spacial score (nSPS) is 11.1. The first kappa shape index (κ1) is 14.6. The number of pyridine rings is 1. The summed E-state index contributed by atoms with van der Waals surface area (Å²) in [4.78, 5) is 4.26. The highest BCUT2D eigenvalue weighted by Gasteiger charge is 2.14. The molecule has 124 valence electrons. The van der Waals surface area contributed by atoms with Crippen molar-refractivity contribution >= 4 is 10.8 Å². The van der Waals surface area contributed by atoms with Gasteiger partial charge < -0.3 is 8.83 Å². The molecule has 0 bridgehead atoms. The van der Waals surface area contributed by atoms with Crippen LogP contribution in [0.4, 0.5) is 0 Å². The average Bonchev–Trinajstić information content (AvgIpc) is 3.40. The van der Waals surface area contributed by atoms with Crippen LogP contribution in [0.1, 0.15) is 0 Å². The second-order valence-corrected chi connectivity index (χ2v) is 5.88. The minimum atomic E-state index is 0.425. The molecule has 5 aromatic rings. The van der Waals surface area contributed by atoms with Gasteiger partial charge in [0.15, 0.2) is 0 Å². The fourth-order valence-electron chi connectivity index (χ4n) is 3.00. The van der Waals surface area contributed by atoms with E-state index in [1.54, 1.807) is 18.7 Å². The van der Waals surface area contributed by atoms with Crippen LogP contribution in [0.3, 0.4) is 0 Å². The molecule has 0 fully saturated rings. The Morgan fingerprint density at radius 3 is 2.50 bits per heavy atom. The van der Waals surface area contributed by atoms with E-state index < -0.39 is 0 Å². The van der Waals surface area contributed by atoms with Crippen LogP contribution in [0.2, 0.25) is 0 Å². The van der Waals surface area contributed by atoms with Gasteiger partial charge in [0.2, 0.25) is 11.8 Å². The molecule has 0 N–H and O–H groups in total. The molecule has 0 aliphatic heterocycles. The van der Waals surface area contributed by atoms with Gasteiger partial charge in [-0.2, -0.15) is 0 Å². The maximum Gasteiger partial charge on any atom is 0.249 e. The fraction of sp³-hybridized carbons (Fsp3) is 0. The highest BCUT2D eigenvalue weighted by molar-refractivity contribution is 5.94. The lowest BCUT2D eigenvalue weighted by molar-refractivity contribution is 0.581. The summed E-state index contributed by atoms with van der Waals surface area (Å²) in [6.45, 7) is 0. The molecule has 0 radical (unpaired) electrons. The molecule has 0 aliphatic rings. The monoisotopic (exact) mass is 339 g/mol. The van der Waals surface area contributed by atoms with Crippen molar-refractivity contribution in [3.8, 4) is 34.2 Å². The van der Waals surface area contributed by atoms with Crippen LogP contribution in [0.25, 0.3) is 45.0 Å². The summed E-state index contributed by atoms with van der Waals surface area (Å²) in [6.07, 6.45) is 5.07. The number of nitrogens with zero attached hydrogens (tertiary/aromatic N) is 3. The lowest BCUT2D eigenvalue weighted by Gasteiger charge is -2.02. The highest BCUT2D eigenvalue weighted by atomic mass is 16.4. The van der Waals surface area contributed by atoms with Gasteiger partial charge in [-0.15, -0.1) is 10.2 Å². The Hall–Kier alpha value is -3.73. The Balaban J connectivity index is 1.58. The Labute approximate surface area is 149 Å². The van der Waals surface area contributed by atoms with Crippen molar-refractivity contribution in [3.63, 3.8) is 0 Å². The summed E-state index contributed by atoms with van der Waals surface area (Å²) in [6, 6.07) is 19.8. The minimum Gasteiger partial charge on any atom is -0.464 e. The Kier molecular flexibility index (Phi) is 3.35. The first-order valence-electron chi connectivity index (χ1n) is 8.19. The predicted molar refractivity (Wildman–Crippen MR) is 98.2 cm³/mol. The molecule has 0 amide bonds. The lowest BCUT2D eigenvalue weighted by atomic mass is 10.0. The number of hydrogen-bond acceptors (Lipinski definition) is 5. The number of benzene rings is 2.